The molecule has 0 rings (SSSR count). The molecule has 0 fully saturated rings. The summed E-state index contributed by atoms with van der Waals surface area (Å²) in [4.78, 5) is 0. The van der Waals surface area contributed by atoms with Gasteiger partial charge in [-0.3, -0.25) is 0 Å². The first-order valence-corrected chi connectivity index (χ1v) is 15.9. The average Bonchev–Trinajstić information content (AvgIpc) is 2.65. The van der Waals surface area contributed by atoms with Crippen LogP contribution in [-0.2, 0) is 14.1 Å². The maximum atomic E-state index is 13.3. The van der Waals surface area contributed by atoms with Gasteiger partial charge < -0.3 is 0 Å². The van der Waals surface area contributed by atoms with Crippen LogP contribution in [0.15, 0.2) is 0 Å². The van der Waals surface area contributed by atoms with Crippen LogP contribution in [0.3, 0.4) is 0 Å². The summed E-state index contributed by atoms with van der Waals surface area (Å²) in [6.07, 6.45) is 12.7. The molecule has 0 aromatic rings. The molecule has 0 aliphatic carbocycles. The molecule has 0 aromatic carbocycles. The van der Waals surface area contributed by atoms with Crippen LogP contribution < -0.4 is 0 Å². The number of halogens is 3. The minimum atomic E-state index is -5.60. The van der Waals surface area contributed by atoms with Gasteiger partial charge in [0.25, 0.3) is 0 Å². The van der Waals surface area contributed by atoms with Crippen LogP contribution >= 0.6 is 6.83 Å². The van der Waals surface area contributed by atoms with E-state index in [1.165, 1.54) is 0 Å². The summed E-state index contributed by atoms with van der Waals surface area (Å²) >= 11 is 0. The minimum absolute atomic E-state index is 0.492. The summed E-state index contributed by atoms with van der Waals surface area (Å²) in [5.74, 6) is 0. The quantitative estimate of drug-likeness (QED) is 0.117. The van der Waals surface area contributed by atoms with Crippen LogP contribution in [0.5, 0.6) is 0 Å². The summed E-state index contributed by atoms with van der Waals surface area (Å²) in [7, 11) is -5.60. The molecular formula is C21H44F3O3PS. The summed E-state index contributed by atoms with van der Waals surface area (Å²) in [5, 5.41) is 0. The Morgan fingerprint density at radius 1 is 0.621 bits per heavy atom. The Labute approximate surface area is 177 Å². The number of alkyl halides is 3. The van der Waals surface area contributed by atoms with E-state index < -0.39 is 22.5 Å². The zero-order valence-electron chi connectivity index (χ0n) is 19.0. The molecule has 0 N–H and O–H groups in total. The Balaban J connectivity index is 5.94. The second kappa shape index (κ2) is 13.5. The monoisotopic (exact) mass is 464 g/mol. The van der Waals surface area contributed by atoms with E-state index in [1.54, 1.807) is 0 Å². The fourth-order valence-corrected chi connectivity index (χ4v) is 13.6. The molecule has 0 heterocycles. The molecule has 0 spiro atoms. The second-order valence-electron chi connectivity index (χ2n) is 8.56. The van der Waals surface area contributed by atoms with Crippen LogP contribution in [0.2, 0.25) is 0 Å². The van der Waals surface area contributed by atoms with Crippen LogP contribution in [0.25, 0.3) is 0 Å². The molecule has 0 saturated carbocycles. The molecule has 0 atom stereocenters. The van der Waals surface area contributed by atoms with Gasteiger partial charge in [-0.2, -0.15) is 0 Å². The molecule has 0 amide bonds. The average molecular weight is 465 g/mol. The molecule has 0 saturated heterocycles. The maximum absolute atomic E-state index is 13.3. The number of hydrogen-bond donors (Lipinski definition) is 0. The fourth-order valence-electron chi connectivity index (χ4n) is 4.11. The van der Waals surface area contributed by atoms with Gasteiger partial charge in [0.05, 0.1) is 0 Å². The number of hydrogen-bond acceptors (Lipinski definition) is 3. The van der Waals surface area contributed by atoms with Crippen molar-refractivity contribution in [1.82, 2.24) is 0 Å². The molecule has 8 heteroatoms. The van der Waals surface area contributed by atoms with Gasteiger partial charge in [-0.15, -0.1) is 0 Å². The first-order valence-electron chi connectivity index (χ1n) is 11.5. The molecule has 0 unspecified atom stereocenters. The van der Waals surface area contributed by atoms with E-state index >= 15 is 0 Å². The van der Waals surface area contributed by atoms with Crippen molar-refractivity contribution in [3.63, 3.8) is 0 Å². The van der Waals surface area contributed by atoms with E-state index in [-0.39, 0.29) is 0 Å². The van der Waals surface area contributed by atoms with Gasteiger partial charge >= 0.3 is 177 Å². The SMILES string of the molecule is CCCCCCCCP(CCCC)(CCCC)(CCCC)OS(=O)(=O)C(F)(F)F. The fraction of sp³-hybridized carbons (Fsp3) is 1.00. The Morgan fingerprint density at radius 3 is 1.34 bits per heavy atom. The van der Waals surface area contributed by atoms with Crippen molar-refractivity contribution in [2.45, 2.75) is 110 Å². The van der Waals surface area contributed by atoms with Crippen molar-refractivity contribution in [2.24, 2.45) is 0 Å². The summed E-state index contributed by atoms with van der Waals surface area (Å²) in [6, 6.07) is 0. The zero-order valence-corrected chi connectivity index (χ0v) is 20.7. The van der Waals surface area contributed by atoms with Crippen LogP contribution in [-0.4, -0.2) is 38.6 Å². The summed E-state index contributed by atoms with van der Waals surface area (Å²) in [6.45, 7) is 4.59. The summed E-state index contributed by atoms with van der Waals surface area (Å²) < 4.78 is 69.9. The van der Waals surface area contributed by atoms with Crippen molar-refractivity contribution in [3.05, 3.63) is 0 Å². The Kier molecular flexibility index (Phi) is 13.6. The molecule has 0 bridgehead atoms. The second-order valence-corrected chi connectivity index (χ2v) is 16.0. The molecule has 0 aliphatic heterocycles. The predicted octanol–water partition coefficient (Wildman–Crippen LogP) is 8.08. The molecule has 3 nitrogen and oxygen atoms in total. The first-order chi connectivity index (χ1) is 13.5. The molecular weight excluding hydrogens is 420 g/mol. The number of rotatable bonds is 18. The number of unbranched alkanes of at least 4 members (excludes halogenated alkanes) is 8. The van der Waals surface area contributed by atoms with Crippen molar-refractivity contribution < 1.29 is 25.6 Å². The van der Waals surface area contributed by atoms with Gasteiger partial charge in [0.2, 0.25) is 0 Å². The topological polar surface area (TPSA) is 43.4 Å². The van der Waals surface area contributed by atoms with Gasteiger partial charge in [-0.25, -0.2) is 0 Å². The van der Waals surface area contributed by atoms with Crippen molar-refractivity contribution >= 4 is 16.9 Å². The van der Waals surface area contributed by atoms with E-state index in [2.05, 4.69) is 6.92 Å². The van der Waals surface area contributed by atoms with E-state index in [0.717, 1.165) is 57.8 Å². The first kappa shape index (κ1) is 29.1. The standard InChI is InChI=1S/C21H44F3O3PS/c1-5-9-13-14-15-16-20-28(17-10-6-2,18-11-7-3,19-12-8-4)27-29(25,26)21(22,23)24/h5-20H2,1-4H3. The Morgan fingerprint density at radius 2 is 0.966 bits per heavy atom. The molecule has 0 aliphatic rings. The van der Waals surface area contributed by atoms with Gasteiger partial charge in [0.1, 0.15) is 0 Å². The van der Waals surface area contributed by atoms with Gasteiger partial charge in [0.15, 0.2) is 0 Å². The Bertz CT molecular complexity index is 511. The molecule has 0 aromatic heterocycles. The van der Waals surface area contributed by atoms with Gasteiger partial charge in [0, 0.05) is 0 Å². The van der Waals surface area contributed by atoms with Crippen LogP contribution in [0.1, 0.15) is 105 Å². The van der Waals surface area contributed by atoms with Gasteiger partial charge in [-0.05, 0) is 0 Å². The third kappa shape index (κ3) is 9.86. The van der Waals surface area contributed by atoms with Crippen molar-refractivity contribution in [1.29, 1.82) is 0 Å². The van der Waals surface area contributed by atoms with Crippen LogP contribution in [0, 0.1) is 0 Å². The van der Waals surface area contributed by atoms with Crippen molar-refractivity contribution in [3.8, 4) is 0 Å². The molecule has 0 radical (unpaired) electrons. The molecule has 178 valence electrons. The van der Waals surface area contributed by atoms with E-state index in [0.29, 0.717) is 43.9 Å². The van der Waals surface area contributed by atoms with E-state index in [4.69, 9.17) is 3.97 Å². The van der Waals surface area contributed by atoms with E-state index in [9.17, 15) is 21.6 Å². The zero-order chi connectivity index (χ0) is 22.5. The van der Waals surface area contributed by atoms with Gasteiger partial charge in [-0.1, -0.05) is 0 Å². The third-order valence-electron chi connectivity index (χ3n) is 5.90. The predicted molar refractivity (Wildman–Crippen MR) is 121 cm³/mol. The summed E-state index contributed by atoms with van der Waals surface area (Å²) in [5.41, 5.74) is -5.36. The van der Waals surface area contributed by atoms with Crippen LogP contribution in [0.4, 0.5) is 13.2 Å². The third-order valence-corrected chi connectivity index (χ3v) is 14.7. The van der Waals surface area contributed by atoms with Crippen molar-refractivity contribution in [2.75, 3.05) is 24.6 Å². The normalized spacial score (nSPS) is 14.7. The molecule has 29 heavy (non-hydrogen) atoms. The Hall–Kier alpha value is 0.130. The van der Waals surface area contributed by atoms with E-state index in [1.807, 2.05) is 20.8 Å².